The Morgan fingerprint density at radius 3 is 2.86 bits per heavy atom. The fraction of sp³-hybridized carbons (Fsp3) is 0.667. The predicted octanol–water partition coefficient (Wildman–Crippen LogP) is -1.81. The third-order valence-electron chi connectivity index (χ3n) is 1.65. The van der Waals surface area contributed by atoms with Crippen LogP contribution < -0.4 is 10.5 Å². The van der Waals surface area contributed by atoms with Gasteiger partial charge in [-0.05, 0) is 0 Å². The van der Waals surface area contributed by atoms with Crippen molar-refractivity contribution >= 4 is 10.0 Å². The molecular formula is C6H13N5O2S. The van der Waals surface area contributed by atoms with Gasteiger partial charge < -0.3 is 9.88 Å². The SMILES string of the molecule is Cn1cnnc1CNCCS(N)(=O)=O. The zero-order valence-electron chi connectivity index (χ0n) is 7.84. The molecule has 1 aromatic heterocycles. The molecule has 0 amide bonds. The minimum absolute atomic E-state index is 0.0785. The van der Waals surface area contributed by atoms with E-state index in [-0.39, 0.29) is 5.75 Å². The predicted molar refractivity (Wildman–Crippen MR) is 50.7 cm³/mol. The van der Waals surface area contributed by atoms with Crippen LogP contribution in [-0.2, 0) is 23.6 Å². The van der Waals surface area contributed by atoms with Crippen LogP contribution in [0.5, 0.6) is 0 Å². The number of aryl methyl sites for hydroxylation is 1. The molecule has 14 heavy (non-hydrogen) atoms. The van der Waals surface area contributed by atoms with E-state index in [9.17, 15) is 8.42 Å². The zero-order valence-corrected chi connectivity index (χ0v) is 8.66. The smallest absolute Gasteiger partial charge is 0.210 e. The van der Waals surface area contributed by atoms with E-state index in [0.717, 1.165) is 5.82 Å². The van der Waals surface area contributed by atoms with Crippen molar-refractivity contribution in [1.29, 1.82) is 0 Å². The van der Waals surface area contributed by atoms with Gasteiger partial charge in [0.2, 0.25) is 10.0 Å². The van der Waals surface area contributed by atoms with E-state index in [1.165, 1.54) is 0 Å². The summed E-state index contributed by atoms with van der Waals surface area (Å²) in [5.41, 5.74) is 0. The van der Waals surface area contributed by atoms with Gasteiger partial charge in [-0.2, -0.15) is 0 Å². The molecule has 1 rings (SSSR count). The highest BCUT2D eigenvalue weighted by molar-refractivity contribution is 7.89. The topological polar surface area (TPSA) is 103 Å². The number of nitrogens with zero attached hydrogens (tertiary/aromatic N) is 3. The van der Waals surface area contributed by atoms with Crippen molar-refractivity contribution in [2.75, 3.05) is 12.3 Å². The first kappa shape index (κ1) is 11.1. The number of nitrogens with two attached hydrogens (primary N) is 1. The van der Waals surface area contributed by atoms with Crippen LogP contribution >= 0.6 is 0 Å². The summed E-state index contributed by atoms with van der Waals surface area (Å²) >= 11 is 0. The van der Waals surface area contributed by atoms with Crippen LogP contribution in [0.1, 0.15) is 5.82 Å². The fourth-order valence-corrected chi connectivity index (χ4v) is 1.31. The third-order valence-corrected chi connectivity index (χ3v) is 2.42. The summed E-state index contributed by atoms with van der Waals surface area (Å²) < 4.78 is 22.9. The molecule has 0 bridgehead atoms. The molecule has 0 saturated heterocycles. The highest BCUT2D eigenvalue weighted by Gasteiger charge is 2.03. The number of hydrogen-bond donors (Lipinski definition) is 2. The van der Waals surface area contributed by atoms with Crippen molar-refractivity contribution in [1.82, 2.24) is 20.1 Å². The lowest BCUT2D eigenvalue weighted by Crippen LogP contribution is -2.27. The maximum atomic E-state index is 10.6. The van der Waals surface area contributed by atoms with Crippen LogP contribution in [0.4, 0.5) is 0 Å². The summed E-state index contributed by atoms with van der Waals surface area (Å²) in [5, 5.41) is 15.2. The second-order valence-electron chi connectivity index (χ2n) is 2.90. The molecule has 0 aliphatic heterocycles. The molecule has 3 N–H and O–H groups in total. The number of aromatic nitrogens is 3. The number of rotatable bonds is 5. The zero-order chi connectivity index (χ0) is 10.6. The summed E-state index contributed by atoms with van der Waals surface area (Å²) in [6, 6.07) is 0. The van der Waals surface area contributed by atoms with Crippen molar-refractivity contribution in [3.63, 3.8) is 0 Å². The van der Waals surface area contributed by atoms with Crippen LogP contribution in [0.3, 0.4) is 0 Å². The molecule has 0 aliphatic carbocycles. The number of nitrogens with one attached hydrogen (secondary N) is 1. The molecule has 0 saturated carbocycles. The Hall–Kier alpha value is -0.990. The lowest BCUT2D eigenvalue weighted by atomic mass is 10.5. The van der Waals surface area contributed by atoms with Gasteiger partial charge in [0.05, 0.1) is 12.3 Å². The number of primary sulfonamides is 1. The molecule has 7 nitrogen and oxygen atoms in total. The summed E-state index contributed by atoms with van der Waals surface area (Å²) in [5.74, 6) is 0.671. The Labute approximate surface area is 82.4 Å². The molecule has 0 aromatic carbocycles. The van der Waals surface area contributed by atoms with Crippen LogP contribution in [-0.4, -0.2) is 35.5 Å². The van der Waals surface area contributed by atoms with E-state index in [1.807, 2.05) is 7.05 Å². The van der Waals surface area contributed by atoms with Crippen molar-refractivity contribution in [3.05, 3.63) is 12.2 Å². The fourth-order valence-electron chi connectivity index (χ4n) is 0.882. The average Bonchev–Trinajstić information content (AvgIpc) is 2.44. The maximum absolute atomic E-state index is 10.6. The highest BCUT2D eigenvalue weighted by Crippen LogP contribution is 1.89. The Kier molecular flexibility index (Phi) is 3.55. The Morgan fingerprint density at radius 2 is 2.36 bits per heavy atom. The Balaban J connectivity index is 2.26. The summed E-state index contributed by atoms with van der Waals surface area (Å²) in [6.07, 6.45) is 1.58. The minimum Gasteiger partial charge on any atom is -0.320 e. The number of sulfonamides is 1. The minimum atomic E-state index is -3.38. The van der Waals surface area contributed by atoms with Gasteiger partial charge in [0.25, 0.3) is 0 Å². The summed E-state index contributed by atoms with van der Waals surface area (Å²) in [7, 11) is -1.56. The van der Waals surface area contributed by atoms with Gasteiger partial charge in [-0.15, -0.1) is 10.2 Å². The molecule has 0 unspecified atom stereocenters. The van der Waals surface area contributed by atoms with E-state index in [0.29, 0.717) is 13.1 Å². The molecule has 0 radical (unpaired) electrons. The summed E-state index contributed by atoms with van der Waals surface area (Å²) in [4.78, 5) is 0. The summed E-state index contributed by atoms with van der Waals surface area (Å²) in [6.45, 7) is 0.789. The Bertz CT molecular complexity index is 385. The van der Waals surface area contributed by atoms with Gasteiger partial charge in [0.15, 0.2) is 0 Å². The molecule has 1 heterocycles. The van der Waals surface area contributed by atoms with E-state index < -0.39 is 10.0 Å². The van der Waals surface area contributed by atoms with E-state index >= 15 is 0 Å². The molecule has 0 fully saturated rings. The van der Waals surface area contributed by atoms with Gasteiger partial charge in [0, 0.05) is 13.6 Å². The first-order valence-electron chi connectivity index (χ1n) is 4.03. The van der Waals surface area contributed by atoms with Crippen molar-refractivity contribution in [2.45, 2.75) is 6.54 Å². The molecule has 0 aliphatic rings. The van der Waals surface area contributed by atoms with Crippen molar-refractivity contribution < 1.29 is 8.42 Å². The van der Waals surface area contributed by atoms with Crippen LogP contribution in [0, 0.1) is 0 Å². The molecule has 8 heteroatoms. The van der Waals surface area contributed by atoms with Gasteiger partial charge in [-0.1, -0.05) is 0 Å². The van der Waals surface area contributed by atoms with Gasteiger partial charge in [-0.3, -0.25) is 0 Å². The first-order chi connectivity index (χ1) is 6.49. The first-order valence-corrected chi connectivity index (χ1v) is 5.74. The number of hydrogen-bond acceptors (Lipinski definition) is 5. The lowest BCUT2D eigenvalue weighted by molar-refractivity contribution is 0.589. The normalized spacial score (nSPS) is 11.9. The van der Waals surface area contributed by atoms with Gasteiger partial charge in [-0.25, -0.2) is 13.6 Å². The van der Waals surface area contributed by atoms with E-state index in [1.54, 1.807) is 10.9 Å². The van der Waals surface area contributed by atoms with Crippen molar-refractivity contribution in [3.8, 4) is 0 Å². The average molecular weight is 219 g/mol. The second kappa shape index (κ2) is 4.49. The molecule has 80 valence electrons. The third kappa shape index (κ3) is 3.81. The molecular weight excluding hydrogens is 206 g/mol. The molecule has 0 atom stereocenters. The van der Waals surface area contributed by atoms with Gasteiger partial charge in [0.1, 0.15) is 12.2 Å². The highest BCUT2D eigenvalue weighted by atomic mass is 32.2. The van der Waals surface area contributed by atoms with Crippen LogP contribution in [0.25, 0.3) is 0 Å². The molecule has 0 spiro atoms. The quantitative estimate of drug-likeness (QED) is 0.568. The largest absolute Gasteiger partial charge is 0.320 e. The lowest BCUT2D eigenvalue weighted by Gasteiger charge is -2.02. The van der Waals surface area contributed by atoms with Crippen molar-refractivity contribution in [2.24, 2.45) is 12.2 Å². The van der Waals surface area contributed by atoms with Crippen LogP contribution in [0.2, 0.25) is 0 Å². The Morgan fingerprint density at radius 1 is 1.64 bits per heavy atom. The van der Waals surface area contributed by atoms with Crippen LogP contribution in [0.15, 0.2) is 6.33 Å². The van der Waals surface area contributed by atoms with E-state index in [4.69, 9.17) is 5.14 Å². The monoisotopic (exact) mass is 219 g/mol. The van der Waals surface area contributed by atoms with Gasteiger partial charge >= 0.3 is 0 Å². The van der Waals surface area contributed by atoms with E-state index in [2.05, 4.69) is 15.5 Å². The maximum Gasteiger partial charge on any atom is 0.210 e. The standard InChI is InChI=1S/C6H13N5O2S/c1-11-5-9-10-6(11)4-8-2-3-14(7,12)13/h5,8H,2-4H2,1H3,(H2,7,12,13). The molecule has 1 aromatic rings. The second-order valence-corrected chi connectivity index (χ2v) is 4.64.